The van der Waals surface area contributed by atoms with Gasteiger partial charge >= 0.3 is 0 Å². The standard InChI is InChI=1S/C12H9BrOS/c1-8-2-4-10(11(13)6-8)12-5-3-9(7-14)15-12/h2-7H,1H3. The molecule has 2 rings (SSSR count). The topological polar surface area (TPSA) is 17.1 Å². The maximum absolute atomic E-state index is 10.6. The quantitative estimate of drug-likeness (QED) is 0.750. The molecule has 0 fully saturated rings. The van der Waals surface area contributed by atoms with E-state index in [1.807, 2.05) is 12.1 Å². The van der Waals surface area contributed by atoms with E-state index in [1.54, 1.807) is 0 Å². The van der Waals surface area contributed by atoms with Gasteiger partial charge in [-0.15, -0.1) is 11.3 Å². The molecule has 3 heteroatoms. The van der Waals surface area contributed by atoms with Crippen molar-refractivity contribution in [3.63, 3.8) is 0 Å². The molecular weight excluding hydrogens is 272 g/mol. The fourth-order valence-electron chi connectivity index (χ4n) is 1.38. The first-order chi connectivity index (χ1) is 7.20. The molecule has 1 nitrogen and oxygen atoms in total. The average Bonchev–Trinajstić information content (AvgIpc) is 2.66. The molecule has 15 heavy (non-hydrogen) atoms. The van der Waals surface area contributed by atoms with Crippen LogP contribution in [0.3, 0.4) is 0 Å². The second-order valence-corrected chi connectivity index (χ2v) is 5.27. The number of hydrogen-bond donors (Lipinski definition) is 0. The Bertz CT molecular complexity index is 502. The summed E-state index contributed by atoms with van der Waals surface area (Å²) >= 11 is 5.04. The Morgan fingerprint density at radius 2 is 2.07 bits per heavy atom. The van der Waals surface area contributed by atoms with E-state index < -0.39 is 0 Å². The third-order valence-electron chi connectivity index (χ3n) is 2.13. The molecule has 0 bridgehead atoms. The minimum atomic E-state index is 0.762. The summed E-state index contributed by atoms with van der Waals surface area (Å²) in [5.74, 6) is 0. The first kappa shape index (κ1) is 10.6. The first-order valence-electron chi connectivity index (χ1n) is 4.52. The van der Waals surface area contributed by atoms with Crippen LogP contribution in [0.1, 0.15) is 15.2 Å². The lowest BCUT2D eigenvalue weighted by atomic mass is 10.1. The van der Waals surface area contributed by atoms with Crippen LogP contribution in [0.15, 0.2) is 34.8 Å². The fourth-order valence-corrected chi connectivity index (χ4v) is 3.08. The van der Waals surface area contributed by atoms with Crippen molar-refractivity contribution in [1.82, 2.24) is 0 Å². The van der Waals surface area contributed by atoms with E-state index in [-0.39, 0.29) is 0 Å². The molecule has 0 radical (unpaired) electrons. The van der Waals surface area contributed by atoms with Crippen molar-refractivity contribution in [3.8, 4) is 10.4 Å². The normalized spacial score (nSPS) is 10.3. The lowest BCUT2D eigenvalue weighted by molar-refractivity contribution is 0.112. The number of aryl methyl sites for hydroxylation is 1. The van der Waals surface area contributed by atoms with Gasteiger partial charge in [0.25, 0.3) is 0 Å². The molecule has 1 aromatic heterocycles. The number of carbonyl (C=O) groups is 1. The number of hydrogen-bond acceptors (Lipinski definition) is 2. The molecule has 0 spiro atoms. The van der Waals surface area contributed by atoms with Crippen LogP contribution in [0.25, 0.3) is 10.4 Å². The molecule has 0 saturated carbocycles. The Kier molecular flexibility index (Phi) is 3.03. The lowest BCUT2D eigenvalue weighted by Gasteiger charge is -2.02. The summed E-state index contributed by atoms with van der Waals surface area (Å²) in [6, 6.07) is 10.0. The van der Waals surface area contributed by atoms with Gasteiger partial charge < -0.3 is 0 Å². The molecule has 0 aliphatic rings. The van der Waals surface area contributed by atoms with Crippen LogP contribution in [0.5, 0.6) is 0 Å². The van der Waals surface area contributed by atoms with E-state index in [0.29, 0.717) is 0 Å². The van der Waals surface area contributed by atoms with Gasteiger partial charge in [-0.2, -0.15) is 0 Å². The van der Waals surface area contributed by atoms with Gasteiger partial charge in [-0.25, -0.2) is 0 Å². The highest BCUT2D eigenvalue weighted by atomic mass is 79.9. The van der Waals surface area contributed by atoms with Gasteiger partial charge in [0.2, 0.25) is 0 Å². The van der Waals surface area contributed by atoms with E-state index >= 15 is 0 Å². The molecule has 0 amide bonds. The molecule has 0 N–H and O–H groups in total. The second-order valence-electron chi connectivity index (χ2n) is 3.30. The van der Waals surface area contributed by atoms with Crippen molar-refractivity contribution in [2.45, 2.75) is 6.92 Å². The highest BCUT2D eigenvalue weighted by Crippen LogP contribution is 2.33. The van der Waals surface area contributed by atoms with Crippen molar-refractivity contribution in [2.75, 3.05) is 0 Å². The van der Waals surface area contributed by atoms with E-state index in [4.69, 9.17) is 0 Å². The first-order valence-corrected chi connectivity index (χ1v) is 6.13. The van der Waals surface area contributed by atoms with Crippen LogP contribution in [-0.2, 0) is 0 Å². The summed E-state index contributed by atoms with van der Waals surface area (Å²) in [5.41, 5.74) is 2.36. The Balaban J connectivity index is 2.49. The van der Waals surface area contributed by atoms with Crippen LogP contribution < -0.4 is 0 Å². The minimum Gasteiger partial charge on any atom is -0.297 e. The second kappa shape index (κ2) is 4.29. The Labute approximate surface area is 101 Å². The van der Waals surface area contributed by atoms with Crippen molar-refractivity contribution in [3.05, 3.63) is 45.2 Å². The zero-order valence-corrected chi connectivity index (χ0v) is 10.6. The fraction of sp³-hybridized carbons (Fsp3) is 0.0833. The number of aldehydes is 1. The van der Waals surface area contributed by atoms with Crippen LogP contribution in [-0.4, -0.2) is 6.29 Å². The molecule has 0 aliphatic carbocycles. The van der Waals surface area contributed by atoms with E-state index in [2.05, 4.69) is 41.1 Å². The van der Waals surface area contributed by atoms with E-state index in [0.717, 1.165) is 26.1 Å². The molecule has 1 aromatic carbocycles. The molecule has 2 aromatic rings. The number of halogens is 1. The van der Waals surface area contributed by atoms with Crippen molar-refractivity contribution in [2.24, 2.45) is 0 Å². The zero-order chi connectivity index (χ0) is 10.8. The van der Waals surface area contributed by atoms with E-state index in [1.165, 1.54) is 16.9 Å². The van der Waals surface area contributed by atoms with Gasteiger partial charge in [-0.1, -0.05) is 28.1 Å². The van der Waals surface area contributed by atoms with Gasteiger partial charge in [0.1, 0.15) is 0 Å². The monoisotopic (exact) mass is 280 g/mol. The van der Waals surface area contributed by atoms with Crippen LogP contribution >= 0.6 is 27.3 Å². The summed E-state index contributed by atoms with van der Waals surface area (Å²) in [6.07, 6.45) is 0.885. The van der Waals surface area contributed by atoms with Gasteiger partial charge in [-0.3, -0.25) is 4.79 Å². The predicted octanol–water partition coefficient (Wildman–Crippen LogP) is 4.30. The van der Waals surface area contributed by atoms with Gasteiger partial charge in [-0.05, 0) is 30.7 Å². The molecule has 0 saturated heterocycles. The Hall–Kier alpha value is -0.930. The molecule has 76 valence electrons. The van der Waals surface area contributed by atoms with Gasteiger partial charge in [0.15, 0.2) is 6.29 Å². The molecule has 0 unspecified atom stereocenters. The van der Waals surface area contributed by atoms with Crippen molar-refractivity contribution in [1.29, 1.82) is 0 Å². The summed E-state index contributed by atoms with van der Waals surface area (Å²) in [5, 5.41) is 0. The predicted molar refractivity (Wildman–Crippen MR) is 67.6 cm³/mol. The van der Waals surface area contributed by atoms with Crippen molar-refractivity contribution >= 4 is 33.6 Å². The maximum Gasteiger partial charge on any atom is 0.160 e. The average molecular weight is 281 g/mol. The zero-order valence-electron chi connectivity index (χ0n) is 8.16. The van der Waals surface area contributed by atoms with Gasteiger partial charge in [0.05, 0.1) is 4.88 Å². The highest BCUT2D eigenvalue weighted by Gasteiger charge is 2.06. The third-order valence-corrected chi connectivity index (χ3v) is 3.83. The van der Waals surface area contributed by atoms with Crippen molar-refractivity contribution < 1.29 is 4.79 Å². The minimum absolute atomic E-state index is 0.762. The van der Waals surface area contributed by atoms with Crippen LogP contribution in [0.4, 0.5) is 0 Å². The largest absolute Gasteiger partial charge is 0.297 e. The van der Waals surface area contributed by atoms with Gasteiger partial charge in [0, 0.05) is 14.9 Å². The SMILES string of the molecule is Cc1ccc(-c2ccc(C=O)s2)c(Br)c1. The summed E-state index contributed by atoms with van der Waals surface area (Å²) < 4.78 is 1.07. The molecule has 0 atom stereocenters. The van der Waals surface area contributed by atoms with Crippen LogP contribution in [0, 0.1) is 6.92 Å². The van der Waals surface area contributed by atoms with Crippen LogP contribution in [0.2, 0.25) is 0 Å². The molecule has 1 heterocycles. The summed E-state index contributed by atoms with van der Waals surface area (Å²) in [4.78, 5) is 12.5. The number of rotatable bonds is 2. The summed E-state index contributed by atoms with van der Waals surface area (Å²) in [7, 11) is 0. The summed E-state index contributed by atoms with van der Waals surface area (Å²) in [6.45, 7) is 2.06. The van der Waals surface area contributed by atoms with E-state index in [9.17, 15) is 4.79 Å². The highest BCUT2D eigenvalue weighted by molar-refractivity contribution is 9.10. The number of carbonyl (C=O) groups excluding carboxylic acids is 1. The molecular formula is C12H9BrOS. The Morgan fingerprint density at radius 1 is 1.27 bits per heavy atom. The Morgan fingerprint density at radius 3 is 2.67 bits per heavy atom. The lowest BCUT2D eigenvalue weighted by Crippen LogP contribution is -1.77. The number of thiophene rings is 1. The molecule has 0 aliphatic heterocycles. The maximum atomic E-state index is 10.6. The third kappa shape index (κ3) is 2.19. The smallest absolute Gasteiger partial charge is 0.160 e. The number of benzene rings is 1.